The molecule has 0 saturated carbocycles. The monoisotopic (exact) mass is 510 g/mol. The van der Waals surface area contributed by atoms with Crippen LogP contribution in [0.1, 0.15) is 76.9 Å². The van der Waals surface area contributed by atoms with E-state index in [2.05, 4.69) is 13.8 Å². The van der Waals surface area contributed by atoms with E-state index in [1.54, 1.807) is 36.4 Å². The lowest BCUT2D eigenvalue weighted by Gasteiger charge is -2.29. The molecule has 1 aliphatic heterocycles. The molecule has 4 rings (SSSR count). The van der Waals surface area contributed by atoms with Crippen molar-refractivity contribution < 1.29 is 22.6 Å². The number of ether oxygens (including phenoxy) is 2. The Hall–Kier alpha value is -2.79. The van der Waals surface area contributed by atoms with E-state index in [4.69, 9.17) is 9.47 Å². The lowest BCUT2D eigenvalue weighted by atomic mass is 9.91. The Morgan fingerprint density at radius 3 is 2.16 bits per heavy atom. The van der Waals surface area contributed by atoms with E-state index in [1.165, 1.54) is 18.6 Å². The van der Waals surface area contributed by atoms with E-state index in [1.807, 2.05) is 6.07 Å². The minimum atomic E-state index is -0.982. The van der Waals surface area contributed by atoms with Gasteiger partial charge in [0.1, 0.15) is 5.82 Å². The highest BCUT2D eigenvalue weighted by Crippen LogP contribution is 2.35. The van der Waals surface area contributed by atoms with Gasteiger partial charge in [-0.3, -0.25) is 0 Å². The largest absolute Gasteiger partial charge is 0.490 e. The van der Waals surface area contributed by atoms with Crippen LogP contribution >= 0.6 is 0 Å². The standard InChI is InChI=1S/C32H37F3O2/c1-3-5-6-7-19-36-30-18-16-27(31(34)32(30)35)24-12-10-23(11-13-24)26-15-14-25(20-28(26)33)29-17-9-22(8-4-2)21-37-29/h10-16,18,20,22,29H,3-9,17,19,21H2,1-2H3. The second-order valence-electron chi connectivity index (χ2n) is 10.0. The molecule has 1 saturated heterocycles. The summed E-state index contributed by atoms with van der Waals surface area (Å²) in [5, 5.41) is 0. The molecule has 1 heterocycles. The van der Waals surface area contributed by atoms with Crippen LogP contribution in [0.3, 0.4) is 0 Å². The maximum Gasteiger partial charge on any atom is 0.201 e. The molecular formula is C32H37F3O2. The number of benzene rings is 3. The molecular weight excluding hydrogens is 473 g/mol. The van der Waals surface area contributed by atoms with Crippen LogP contribution in [0.25, 0.3) is 22.3 Å². The van der Waals surface area contributed by atoms with Gasteiger partial charge < -0.3 is 9.47 Å². The summed E-state index contributed by atoms with van der Waals surface area (Å²) >= 11 is 0. The van der Waals surface area contributed by atoms with Crippen LogP contribution in [0.15, 0.2) is 54.6 Å². The smallest absolute Gasteiger partial charge is 0.201 e. The third kappa shape index (κ3) is 6.75. The van der Waals surface area contributed by atoms with Gasteiger partial charge in [-0.1, -0.05) is 75.9 Å². The van der Waals surface area contributed by atoms with E-state index in [9.17, 15) is 8.78 Å². The molecule has 0 spiro atoms. The van der Waals surface area contributed by atoms with Crippen LogP contribution in [0.2, 0.25) is 0 Å². The maximum atomic E-state index is 15.1. The Bertz CT molecular complexity index is 1150. The number of halogens is 3. The van der Waals surface area contributed by atoms with Crippen molar-refractivity contribution in [3.05, 3.63) is 77.6 Å². The molecule has 2 nitrogen and oxygen atoms in total. The van der Waals surface area contributed by atoms with Crippen molar-refractivity contribution in [2.75, 3.05) is 13.2 Å². The average molecular weight is 511 g/mol. The maximum absolute atomic E-state index is 15.1. The molecule has 5 heteroatoms. The van der Waals surface area contributed by atoms with E-state index >= 15 is 4.39 Å². The van der Waals surface area contributed by atoms with Crippen molar-refractivity contribution in [3.63, 3.8) is 0 Å². The summed E-state index contributed by atoms with van der Waals surface area (Å²) in [4.78, 5) is 0. The summed E-state index contributed by atoms with van der Waals surface area (Å²) < 4.78 is 56.0. The van der Waals surface area contributed by atoms with E-state index < -0.39 is 11.6 Å². The molecule has 3 aromatic carbocycles. The van der Waals surface area contributed by atoms with Crippen LogP contribution < -0.4 is 4.74 Å². The highest BCUT2D eigenvalue weighted by molar-refractivity contribution is 5.71. The number of unbranched alkanes of at least 4 members (excludes halogenated alkanes) is 3. The molecule has 37 heavy (non-hydrogen) atoms. The molecule has 1 aliphatic rings. The Balaban J connectivity index is 1.43. The molecule has 0 amide bonds. The van der Waals surface area contributed by atoms with Crippen LogP contribution in [-0.4, -0.2) is 13.2 Å². The van der Waals surface area contributed by atoms with E-state index in [0.717, 1.165) is 57.1 Å². The van der Waals surface area contributed by atoms with Gasteiger partial charge in [0.25, 0.3) is 0 Å². The van der Waals surface area contributed by atoms with Crippen molar-refractivity contribution in [2.24, 2.45) is 5.92 Å². The van der Waals surface area contributed by atoms with E-state index in [0.29, 0.717) is 29.2 Å². The average Bonchev–Trinajstić information content (AvgIpc) is 2.92. The van der Waals surface area contributed by atoms with Gasteiger partial charge in [-0.15, -0.1) is 0 Å². The normalized spacial score (nSPS) is 17.6. The number of hydrogen-bond donors (Lipinski definition) is 0. The summed E-state index contributed by atoms with van der Waals surface area (Å²) in [6.45, 7) is 5.39. The highest BCUT2D eigenvalue weighted by Gasteiger charge is 2.23. The minimum Gasteiger partial charge on any atom is -0.490 e. The Kier molecular flexibility index (Phi) is 9.68. The third-order valence-electron chi connectivity index (χ3n) is 7.24. The Morgan fingerprint density at radius 2 is 1.51 bits per heavy atom. The summed E-state index contributed by atoms with van der Waals surface area (Å²) in [5.41, 5.74) is 2.66. The van der Waals surface area contributed by atoms with Gasteiger partial charge in [-0.05, 0) is 66.5 Å². The van der Waals surface area contributed by atoms with Crippen molar-refractivity contribution in [3.8, 4) is 28.0 Å². The van der Waals surface area contributed by atoms with Crippen molar-refractivity contribution in [2.45, 2.75) is 71.3 Å². The topological polar surface area (TPSA) is 18.5 Å². The molecule has 1 fully saturated rings. The van der Waals surface area contributed by atoms with Gasteiger partial charge in [-0.25, -0.2) is 8.78 Å². The molecule has 0 bridgehead atoms. The van der Waals surface area contributed by atoms with Gasteiger partial charge in [0.15, 0.2) is 11.6 Å². The van der Waals surface area contributed by atoms with E-state index in [-0.39, 0.29) is 23.2 Å². The minimum absolute atomic E-state index is 0.0693. The fourth-order valence-corrected chi connectivity index (χ4v) is 5.08. The van der Waals surface area contributed by atoms with Crippen LogP contribution in [0.4, 0.5) is 13.2 Å². The van der Waals surface area contributed by atoms with Gasteiger partial charge >= 0.3 is 0 Å². The zero-order chi connectivity index (χ0) is 26.2. The molecule has 198 valence electrons. The molecule has 0 aromatic heterocycles. The lowest BCUT2D eigenvalue weighted by Crippen LogP contribution is -2.20. The predicted molar refractivity (Wildman–Crippen MR) is 143 cm³/mol. The first kappa shape index (κ1) is 27.3. The first-order valence-corrected chi connectivity index (χ1v) is 13.6. The lowest BCUT2D eigenvalue weighted by molar-refractivity contribution is -0.0195. The van der Waals surface area contributed by atoms with Gasteiger partial charge in [0.05, 0.1) is 19.3 Å². The first-order chi connectivity index (χ1) is 18.0. The summed E-state index contributed by atoms with van der Waals surface area (Å²) in [5.74, 6) is -1.71. The molecule has 2 atom stereocenters. The summed E-state index contributed by atoms with van der Waals surface area (Å²) in [7, 11) is 0. The summed E-state index contributed by atoms with van der Waals surface area (Å²) in [6.07, 6.45) is 8.27. The number of hydrogen-bond acceptors (Lipinski definition) is 2. The molecule has 0 radical (unpaired) electrons. The zero-order valence-electron chi connectivity index (χ0n) is 21.9. The fourth-order valence-electron chi connectivity index (χ4n) is 5.08. The van der Waals surface area contributed by atoms with Crippen LogP contribution in [0, 0.1) is 23.4 Å². The van der Waals surface area contributed by atoms with Crippen LogP contribution in [0.5, 0.6) is 5.75 Å². The molecule has 0 aliphatic carbocycles. The number of rotatable bonds is 11. The quantitative estimate of drug-likeness (QED) is 0.239. The SMILES string of the molecule is CCCCCCOc1ccc(-c2ccc(-c3ccc(C4CCC(CCC)CO4)cc3F)cc2)c(F)c1F. The van der Waals surface area contributed by atoms with Gasteiger partial charge in [-0.2, -0.15) is 4.39 Å². The highest BCUT2D eigenvalue weighted by atomic mass is 19.2. The Labute approximate surface area is 218 Å². The first-order valence-electron chi connectivity index (χ1n) is 13.6. The zero-order valence-corrected chi connectivity index (χ0v) is 21.9. The van der Waals surface area contributed by atoms with Crippen LogP contribution in [-0.2, 0) is 4.74 Å². The Morgan fingerprint density at radius 1 is 0.784 bits per heavy atom. The van der Waals surface area contributed by atoms with Gasteiger partial charge in [0.2, 0.25) is 5.82 Å². The van der Waals surface area contributed by atoms with Gasteiger partial charge in [0, 0.05) is 11.1 Å². The molecule has 0 N–H and O–H groups in total. The fraction of sp³-hybridized carbons (Fsp3) is 0.438. The third-order valence-corrected chi connectivity index (χ3v) is 7.24. The van der Waals surface area contributed by atoms with Crippen molar-refractivity contribution >= 4 is 0 Å². The second-order valence-corrected chi connectivity index (χ2v) is 10.0. The van der Waals surface area contributed by atoms with Crippen molar-refractivity contribution in [1.82, 2.24) is 0 Å². The molecule has 2 unspecified atom stereocenters. The second kappa shape index (κ2) is 13.1. The summed E-state index contributed by atoms with van der Waals surface area (Å²) in [6, 6.07) is 15.1. The molecule has 3 aromatic rings. The van der Waals surface area contributed by atoms with Crippen molar-refractivity contribution in [1.29, 1.82) is 0 Å². The predicted octanol–water partition coefficient (Wildman–Crippen LogP) is 9.66.